The lowest BCUT2D eigenvalue weighted by Crippen LogP contribution is -2.17. The molecule has 3 aromatic rings. The molecule has 3 N–H and O–H groups in total. The number of aromatic nitrogens is 2. The van der Waals surface area contributed by atoms with E-state index in [1.165, 1.54) is 30.3 Å². The third-order valence-electron chi connectivity index (χ3n) is 4.24. The molecule has 0 amide bonds. The van der Waals surface area contributed by atoms with Crippen LogP contribution >= 0.6 is 0 Å². The molecule has 0 aliphatic carbocycles. The minimum Gasteiger partial charge on any atom is -0.406 e. The van der Waals surface area contributed by atoms with E-state index in [2.05, 4.69) is 25.3 Å². The van der Waals surface area contributed by atoms with Gasteiger partial charge in [0.15, 0.2) is 0 Å². The van der Waals surface area contributed by atoms with Gasteiger partial charge in [-0.3, -0.25) is 0 Å². The van der Waals surface area contributed by atoms with Crippen LogP contribution in [0.2, 0.25) is 0 Å². The molecule has 0 fully saturated rings. The third kappa shape index (κ3) is 6.29. The number of hydrogen-bond donors (Lipinski definition) is 3. The molecule has 0 saturated heterocycles. The Labute approximate surface area is 175 Å². The highest BCUT2D eigenvalue weighted by Gasteiger charge is 2.31. The van der Waals surface area contributed by atoms with E-state index in [1.54, 1.807) is 25.1 Å². The van der Waals surface area contributed by atoms with Gasteiger partial charge in [-0.05, 0) is 37.6 Å². The van der Waals surface area contributed by atoms with Crippen LogP contribution in [0, 0.1) is 12.7 Å². The summed E-state index contributed by atoms with van der Waals surface area (Å²) in [5.41, 5.74) is 1.57. The Morgan fingerprint density at radius 1 is 1.06 bits per heavy atom. The SMILES string of the molecule is Cc1c(F)cccc1Nc1cc(-c2cccc(OC(F)(F)F)c2)nc(NCCCO)n1. The van der Waals surface area contributed by atoms with Crippen molar-refractivity contribution < 1.29 is 27.4 Å². The van der Waals surface area contributed by atoms with E-state index >= 15 is 0 Å². The first-order valence-corrected chi connectivity index (χ1v) is 9.37. The Morgan fingerprint density at radius 2 is 1.84 bits per heavy atom. The number of ether oxygens (including phenoxy) is 1. The number of anilines is 3. The van der Waals surface area contributed by atoms with Crippen LogP contribution in [0.25, 0.3) is 11.3 Å². The molecule has 6 nitrogen and oxygen atoms in total. The molecule has 0 spiro atoms. The second-order valence-corrected chi connectivity index (χ2v) is 6.58. The highest BCUT2D eigenvalue weighted by molar-refractivity contribution is 5.69. The van der Waals surface area contributed by atoms with Crippen LogP contribution in [0.4, 0.5) is 35.0 Å². The van der Waals surface area contributed by atoms with Gasteiger partial charge in [-0.15, -0.1) is 13.2 Å². The summed E-state index contributed by atoms with van der Waals surface area (Å²) in [6.07, 6.45) is -4.36. The van der Waals surface area contributed by atoms with E-state index < -0.39 is 12.2 Å². The number of nitrogens with zero attached hydrogens (tertiary/aromatic N) is 2. The average Bonchev–Trinajstić information content (AvgIpc) is 2.70. The number of aliphatic hydroxyl groups is 1. The second-order valence-electron chi connectivity index (χ2n) is 6.58. The van der Waals surface area contributed by atoms with Crippen LogP contribution in [-0.2, 0) is 0 Å². The van der Waals surface area contributed by atoms with Crippen molar-refractivity contribution in [3.8, 4) is 17.0 Å². The molecule has 3 rings (SSSR count). The predicted molar refractivity (Wildman–Crippen MR) is 109 cm³/mol. The van der Waals surface area contributed by atoms with Gasteiger partial charge < -0.3 is 20.5 Å². The Kier molecular flexibility index (Phi) is 6.91. The summed E-state index contributed by atoms with van der Waals surface area (Å²) in [6.45, 7) is 1.96. The zero-order chi connectivity index (χ0) is 22.4. The summed E-state index contributed by atoms with van der Waals surface area (Å²) in [4.78, 5) is 8.67. The monoisotopic (exact) mass is 436 g/mol. The summed E-state index contributed by atoms with van der Waals surface area (Å²) in [5, 5.41) is 14.9. The summed E-state index contributed by atoms with van der Waals surface area (Å²) in [5.74, 6) is -0.261. The van der Waals surface area contributed by atoms with Crippen LogP contribution < -0.4 is 15.4 Å². The Bertz CT molecular complexity index is 1040. The number of aliphatic hydroxyl groups excluding tert-OH is 1. The fourth-order valence-electron chi connectivity index (χ4n) is 2.75. The van der Waals surface area contributed by atoms with Crippen molar-refractivity contribution in [3.63, 3.8) is 0 Å². The van der Waals surface area contributed by atoms with Crippen molar-refractivity contribution in [1.82, 2.24) is 9.97 Å². The van der Waals surface area contributed by atoms with E-state index in [1.807, 2.05) is 0 Å². The Hall–Kier alpha value is -3.40. The van der Waals surface area contributed by atoms with Crippen molar-refractivity contribution in [2.24, 2.45) is 0 Å². The quantitative estimate of drug-likeness (QED) is 0.340. The minimum atomic E-state index is -4.82. The van der Waals surface area contributed by atoms with Gasteiger partial charge in [0.2, 0.25) is 5.95 Å². The zero-order valence-corrected chi connectivity index (χ0v) is 16.5. The fraction of sp³-hybridized carbons (Fsp3) is 0.238. The van der Waals surface area contributed by atoms with Gasteiger partial charge in [-0.2, -0.15) is 4.98 Å². The van der Waals surface area contributed by atoms with Crippen molar-refractivity contribution in [2.45, 2.75) is 19.7 Å². The number of rotatable bonds is 8. The standard InChI is InChI=1S/C21H20F4N4O2/c1-13-16(22)7-3-8-17(13)27-19-12-18(28-20(29-19)26-9-4-10-30)14-5-2-6-15(11-14)31-21(23,24)25/h2-3,5-8,11-12,30H,4,9-10H2,1H3,(H2,26,27,28,29). The van der Waals surface area contributed by atoms with E-state index in [0.717, 1.165) is 0 Å². The molecule has 164 valence electrons. The lowest BCUT2D eigenvalue weighted by Gasteiger charge is -2.14. The summed E-state index contributed by atoms with van der Waals surface area (Å²) in [7, 11) is 0. The highest BCUT2D eigenvalue weighted by atomic mass is 19.4. The van der Waals surface area contributed by atoms with Crippen molar-refractivity contribution in [2.75, 3.05) is 23.8 Å². The summed E-state index contributed by atoms with van der Waals surface area (Å²) < 4.78 is 55.6. The molecular weight excluding hydrogens is 416 g/mol. The normalized spacial score (nSPS) is 11.3. The van der Waals surface area contributed by atoms with E-state index in [9.17, 15) is 17.6 Å². The van der Waals surface area contributed by atoms with Crippen LogP contribution in [0.3, 0.4) is 0 Å². The first-order valence-electron chi connectivity index (χ1n) is 9.37. The van der Waals surface area contributed by atoms with Crippen molar-refractivity contribution in [3.05, 3.63) is 59.9 Å². The van der Waals surface area contributed by atoms with Gasteiger partial charge in [-0.25, -0.2) is 9.37 Å². The molecule has 0 aliphatic rings. The van der Waals surface area contributed by atoms with Crippen LogP contribution in [0.5, 0.6) is 5.75 Å². The molecular formula is C21H20F4N4O2. The smallest absolute Gasteiger partial charge is 0.406 e. The number of benzene rings is 2. The van der Waals surface area contributed by atoms with Gasteiger partial charge in [0, 0.05) is 36.0 Å². The largest absolute Gasteiger partial charge is 0.573 e. The maximum absolute atomic E-state index is 13.9. The highest BCUT2D eigenvalue weighted by Crippen LogP contribution is 2.30. The van der Waals surface area contributed by atoms with Crippen molar-refractivity contribution >= 4 is 17.5 Å². The van der Waals surface area contributed by atoms with Gasteiger partial charge >= 0.3 is 6.36 Å². The molecule has 1 heterocycles. The Balaban J connectivity index is 1.97. The lowest BCUT2D eigenvalue weighted by molar-refractivity contribution is -0.274. The molecule has 0 radical (unpaired) electrons. The van der Waals surface area contributed by atoms with E-state index in [4.69, 9.17) is 5.11 Å². The summed E-state index contributed by atoms with van der Waals surface area (Å²) in [6, 6.07) is 11.5. The molecule has 0 unspecified atom stereocenters. The van der Waals surface area contributed by atoms with E-state index in [0.29, 0.717) is 41.3 Å². The van der Waals surface area contributed by atoms with Gasteiger partial charge in [-0.1, -0.05) is 18.2 Å². The maximum atomic E-state index is 13.9. The number of hydrogen-bond acceptors (Lipinski definition) is 6. The second kappa shape index (κ2) is 9.61. The molecule has 2 aromatic carbocycles. The van der Waals surface area contributed by atoms with E-state index in [-0.39, 0.29) is 18.3 Å². The first kappa shape index (κ1) is 22.3. The van der Waals surface area contributed by atoms with Gasteiger partial charge in [0.25, 0.3) is 0 Å². The van der Waals surface area contributed by atoms with Crippen molar-refractivity contribution in [1.29, 1.82) is 0 Å². The lowest BCUT2D eigenvalue weighted by atomic mass is 10.1. The average molecular weight is 436 g/mol. The maximum Gasteiger partial charge on any atom is 0.573 e. The number of halogens is 4. The van der Waals surface area contributed by atoms with Gasteiger partial charge in [0.1, 0.15) is 17.4 Å². The molecule has 0 aliphatic heterocycles. The molecule has 1 aromatic heterocycles. The topological polar surface area (TPSA) is 79.3 Å². The molecule has 10 heteroatoms. The molecule has 0 saturated carbocycles. The van der Waals surface area contributed by atoms with Crippen LogP contribution in [0.15, 0.2) is 48.5 Å². The minimum absolute atomic E-state index is 0.0306. The first-order chi connectivity index (χ1) is 14.7. The van der Waals surface area contributed by atoms with Crippen LogP contribution in [-0.4, -0.2) is 34.6 Å². The number of alkyl halides is 3. The van der Waals surface area contributed by atoms with Gasteiger partial charge in [0.05, 0.1) is 5.69 Å². The fourth-order valence-corrected chi connectivity index (χ4v) is 2.75. The molecule has 0 atom stereocenters. The predicted octanol–water partition coefficient (Wildman–Crippen LogP) is 5.03. The number of nitrogens with one attached hydrogen (secondary N) is 2. The zero-order valence-electron chi connectivity index (χ0n) is 16.5. The van der Waals surface area contributed by atoms with Crippen LogP contribution in [0.1, 0.15) is 12.0 Å². The summed E-state index contributed by atoms with van der Waals surface area (Å²) >= 11 is 0. The Morgan fingerprint density at radius 3 is 2.58 bits per heavy atom. The molecule has 31 heavy (non-hydrogen) atoms. The molecule has 0 bridgehead atoms. The third-order valence-corrected chi connectivity index (χ3v) is 4.24.